The van der Waals surface area contributed by atoms with Crippen LogP contribution in [-0.4, -0.2) is 35.3 Å². The number of thiophene rings is 1. The van der Waals surface area contributed by atoms with Crippen molar-refractivity contribution in [1.29, 1.82) is 0 Å². The minimum absolute atomic E-state index is 0.0417. The molecule has 0 atom stereocenters. The number of carbonyl (C=O) groups excluding carboxylic acids is 2. The summed E-state index contributed by atoms with van der Waals surface area (Å²) in [6, 6.07) is 15.3. The number of aromatic nitrogens is 1. The van der Waals surface area contributed by atoms with Crippen LogP contribution in [0.2, 0.25) is 0 Å². The number of hydrogen-bond donors (Lipinski definition) is 1. The first-order valence-corrected chi connectivity index (χ1v) is 9.87. The topological polar surface area (TPSA) is 62.3 Å². The second kappa shape index (κ2) is 8.45. The van der Waals surface area contributed by atoms with E-state index in [0.717, 1.165) is 20.5 Å². The Hall–Kier alpha value is -2.51. The molecule has 3 rings (SSSR count). The van der Waals surface area contributed by atoms with Gasteiger partial charge in [-0.15, -0.1) is 11.3 Å². The molecule has 7 heteroatoms. The zero-order valence-corrected chi connectivity index (χ0v) is 17.3. The molecule has 0 unspecified atom stereocenters. The van der Waals surface area contributed by atoms with Gasteiger partial charge in [0.25, 0.3) is 5.91 Å². The molecule has 1 N–H and O–H groups in total. The van der Waals surface area contributed by atoms with Gasteiger partial charge in [-0.2, -0.15) is 0 Å². The van der Waals surface area contributed by atoms with E-state index in [1.165, 1.54) is 16.2 Å². The van der Waals surface area contributed by atoms with E-state index in [9.17, 15) is 9.59 Å². The number of nitrogens with zero attached hydrogens (tertiary/aromatic N) is 2. The van der Waals surface area contributed by atoms with E-state index < -0.39 is 0 Å². The first-order valence-electron chi connectivity index (χ1n) is 8.26. The summed E-state index contributed by atoms with van der Waals surface area (Å²) in [4.78, 5) is 31.9. The molecule has 0 spiro atoms. The Morgan fingerprint density at radius 1 is 1.15 bits per heavy atom. The lowest BCUT2D eigenvalue weighted by Crippen LogP contribution is -2.34. The molecule has 0 fully saturated rings. The largest absolute Gasteiger partial charge is 0.332 e. The van der Waals surface area contributed by atoms with Gasteiger partial charge >= 0.3 is 0 Å². The van der Waals surface area contributed by atoms with Gasteiger partial charge in [-0.3, -0.25) is 9.59 Å². The molecule has 1 aromatic carbocycles. The summed E-state index contributed by atoms with van der Waals surface area (Å²) >= 11 is 4.83. The van der Waals surface area contributed by atoms with Crippen molar-refractivity contribution in [1.82, 2.24) is 9.88 Å². The average molecular weight is 444 g/mol. The molecule has 27 heavy (non-hydrogen) atoms. The second-order valence-electron chi connectivity index (χ2n) is 6.10. The van der Waals surface area contributed by atoms with E-state index in [-0.39, 0.29) is 18.4 Å². The third kappa shape index (κ3) is 5.02. The minimum atomic E-state index is -0.284. The molecule has 0 aliphatic carbocycles. The van der Waals surface area contributed by atoms with Crippen LogP contribution in [0.4, 0.5) is 5.82 Å². The zero-order valence-electron chi connectivity index (χ0n) is 14.9. The number of amides is 2. The maximum Gasteiger partial charge on any atom is 0.264 e. The molecule has 2 amide bonds. The number of halogens is 1. The Bertz CT molecular complexity index is 969. The average Bonchev–Trinajstić information content (AvgIpc) is 3.11. The van der Waals surface area contributed by atoms with Crippen molar-refractivity contribution in [3.8, 4) is 10.4 Å². The summed E-state index contributed by atoms with van der Waals surface area (Å²) in [5.41, 5.74) is 2.05. The number of aryl methyl sites for hydroxylation is 1. The van der Waals surface area contributed by atoms with Gasteiger partial charge in [0.2, 0.25) is 5.91 Å². The van der Waals surface area contributed by atoms with E-state index >= 15 is 0 Å². The molecular weight excluding hydrogens is 426 g/mol. The van der Waals surface area contributed by atoms with Gasteiger partial charge in [-0.05, 0) is 54.4 Å². The highest BCUT2D eigenvalue weighted by Gasteiger charge is 2.17. The highest BCUT2D eigenvalue weighted by atomic mass is 79.9. The number of likely N-dealkylation sites (N-methyl/N-ethyl adjacent to an activating group) is 1. The third-order valence-electron chi connectivity index (χ3n) is 3.86. The second-order valence-corrected chi connectivity index (χ2v) is 8.10. The van der Waals surface area contributed by atoms with E-state index in [2.05, 4.69) is 26.2 Å². The molecule has 2 aromatic heterocycles. The van der Waals surface area contributed by atoms with E-state index in [1.807, 2.05) is 43.3 Å². The maximum atomic E-state index is 12.6. The Labute approximate surface area is 170 Å². The molecule has 0 saturated carbocycles. The van der Waals surface area contributed by atoms with Crippen molar-refractivity contribution < 1.29 is 9.59 Å². The van der Waals surface area contributed by atoms with Gasteiger partial charge in [-0.25, -0.2) is 4.98 Å². The van der Waals surface area contributed by atoms with Crippen molar-refractivity contribution in [3.63, 3.8) is 0 Å². The Morgan fingerprint density at radius 3 is 2.59 bits per heavy atom. The first-order chi connectivity index (χ1) is 12.9. The van der Waals surface area contributed by atoms with Gasteiger partial charge < -0.3 is 10.2 Å². The molecule has 0 bridgehead atoms. The van der Waals surface area contributed by atoms with Crippen molar-refractivity contribution in [2.24, 2.45) is 0 Å². The number of anilines is 1. The third-order valence-corrected chi connectivity index (χ3v) is 5.51. The molecule has 0 radical (unpaired) electrons. The summed E-state index contributed by atoms with van der Waals surface area (Å²) in [6.45, 7) is 1.88. The number of rotatable bonds is 5. The van der Waals surface area contributed by atoms with Crippen molar-refractivity contribution in [2.45, 2.75) is 6.92 Å². The molecule has 5 nitrogen and oxygen atoms in total. The van der Waals surface area contributed by atoms with E-state index in [0.29, 0.717) is 10.7 Å². The zero-order chi connectivity index (χ0) is 19.4. The van der Waals surface area contributed by atoms with Gasteiger partial charge in [0.15, 0.2) is 0 Å². The number of hydrogen-bond acceptors (Lipinski definition) is 4. The Balaban J connectivity index is 1.63. The Morgan fingerprint density at radius 2 is 1.89 bits per heavy atom. The molecule has 0 saturated heterocycles. The summed E-state index contributed by atoms with van der Waals surface area (Å²) in [7, 11) is 1.62. The van der Waals surface area contributed by atoms with Crippen LogP contribution in [-0.2, 0) is 4.79 Å². The van der Waals surface area contributed by atoms with Gasteiger partial charge in [0.05, 0.1) is 11.4 Å². The molecule has 2 heterocycles. The molecule has 0 aliphatic rings. The Kier molecular flexibility index (Phi) is 6.03. The molecule has 0 aliphatic heterocycles. The van der Waals surface area contributed by atoms with Gasteiger partial charge in [0.1, 0.15) is 5.82 Å². The van der Waals surface area contributed by atoms with Crippen LogP contribution in [0.3, 0.4) is 0 Å². The van der Waals surface area contributed by atoms with Crippen LogP contribution >= 0.6 is 27.3 Å². The van der Waals surface area contributed by atoms with Crippen LogP contribution in [0.15, 0.2) is 59.2 Å². The lowest BCUT2D eigenvalue weighted by molar-refractivity contribution is -0.116. The predicted octanol–water partition coefficient (Wildman–Crippen LogP) is 4.59. The number of nitrogens with one attached hydrogen (secondary N) is 1. The van der Waals surface area contributed by atoms with Crippen LogP contribution in [0.5, 0.6) is 0 Å². The fourth-order valence-electron chi connectivity index (χ4n) is 2.48. The van der Waals surface area contributed by atoms with Crippen LogP contribution < -0.4 is 5.32 Å². The summed E-state index contributed by atoms with van der Waals surface area (Å²) < 4.78 is 1.01. The fraction of sp³-hybridized carbons (Fsp3) is 0.150. The minimum Gasteiger partial charge on any atom is -0.332 e. The van der Waals surface area contributed by atoms with Crippen molar-refractivity contribution in [2.75, 3.05) is 18.9 Å². The number of pyridine rings is 1. The smallest absolute Gasteiger partial charge is 0.264 e. The highest BCUT2D eigenvalue weighted by Crippen LogP contribution is 2.29. The molecule has 3 aromatic rings. The van der Waals surface area contributed by atoms with E-state index in [1.54, 1.807) is 25.4 Å². The van der Waals surface area contributed by atoms with Crippen LogP contribution in [0.25, 0.3) is 10.4 Å². The van der Waals surface area contributed by atoms with Gasteiger partial charge in [-0.1, -0.05) is 28.1 Å². The molecule has 138 valence electrons. The standard InChI is InChI=1S/C20H18BrN3O2S/c1-13-9-10-22-18(11-13)23-19(25)12-24(2)20(26)17-8-7-16(27-17)14-3-5-15(21)6-4-14/h3-11H,12H2,1-2H3,(H,22,23,25). The van der Waals surface area contributed by atoms with Gasteiger partial charge in [0, 0.05) is 22.6 Å². The number of carbonyl (C=O) groups is 2. The van der Waals surface area contributed by atoms with Crippen molar-refractivity contribution in [3.05, 3.63) is 69.6 Å². The quantitative estimate of drug-likeness (QED) is 0.626. The maximum absolute atomic E-state index is 12.6. The highest BCUT2D eigenvalue weighted by molar-refractivity contribution is 9.10. The SMILES string of the molecule is Cc1ccnc(NC(=O)CN(C)C(=O)c2ccc(-c3ccc(Br)cc3)s2)c1. The first kappa shape index (κ1) is 19.3. The fourth-order valence-corrected chi connectivity index (χ4v) is 3.75. The number of benzene rings is 1. The normalized spacial score (nSPS) is 10.5. The summed E-state index contributed by atoms with van der Waals surface area (Å²) in [6.07, 6.45) is 1.63. The van der Waals surface area contributed by atoms with Crippen LogP contribution in [0, 0.1) is 6.92 Å². The van der Waals surface area contributed by atoms with Crippen molar-refractivity contribution >= 4 is 44.9 Å². The van der Waals surface area contributed by atoms with Crippen LogP contribution in [0.1, 0.15) is 15.2 Å². The lowest BCUT2D eigenvalue weighted by Gasteiger charge is -2.15. The predicted molar refractivity (Wildman–Crippen MR) is 112 cm³/mol. The monoisotopic (exact) mass is 443 g/mol. The lowest BCUT2D eigenvalue weighted by atomic mass is 10.2. The van der Waals surface area contributed by atoms with E-state index in [4.69, 9.17) is 0 Å². The summed E-state index contributed by atoms with van der Waals surface area (Å²) in [5, 5.41) is 2.71. The molecular formula is C20H18BrN3O2S. The summed E-state index contributed by atoms with van der Waals surface area (Å²) in [5.74, 6) is 0.0128.